The summed E-state index contributed by atoms with van der Waals surface area (Å²) in [5.74, 6) is 0.106. The molecule has 0 aliphatic rings. The van der Waals surface area contributed by atoms with Crippen molar-refractivity contribution < 1.29 is 4.79 Å². The minimum Gasteiger partial charge on any atom is -0.329 e. The predicted octanol–water partition coefficient (Wildman–Crippen LogP) is 1.37. The van der Waals surface area contributed by atoms with Gasteiger partial charge in [-0.25, -0.2) is 0 Å². The standard InChI is InChI=1S/C11H19N3O/c1-4-11(5-2,8-12)10(15)9-6-7-13-14(9)3/h6-7H,4-5,8,12H2,1-3H3. The number of nitrogens with zero attached hydrogens (tertiary/aromatic N) is 2. The lowest BCUT2D eigenvalue weighted by molar-refractivity contribution is 0.0776. The second-order valence-electron chi connectivity index (χ2n) is 3.86. The summed E-state index contributed by atoms with van der Waals surface area (Å²) in [4.78, 5) is 12.3. The van der Waals surface area contributed by atoms with Crippen LogP contribution in [0.15, 0.2) is 12.3 Å². The van der Waals surface area contributed by atoms with Gasteiger partial charge in [-0.1, -0.05) is 13.8 Å². The molecule has 2 N–H and O–H groups in total. The second kappa shape index (κ2) is 4.57. The fourth-order valence-corrected chi connectivity index (χ4v) is 1.82. The van der Waals surface area contributed by atoms with Gasteiger partial charge in [0.1, 0.15) is 5.69 Å². The molecule has 0 saturated carbocycles. The summed E-state index contributed by atoms with van der Waals surface area (Å²) in [7, 11) is 1.78. The number of hydrogen-bond acceptors (Lipinski definition) is 3. The number of aryl methyl sites for hydroxylation is 1. The number of aromatic nitrogens is 2. The van der Waals surface area contributed by atoms with Gasteiger partial charge in [-0.2, -0.15) is 5.10 Å². The zero-order chi connectivity index (χ0) is 11.5. The molecule has 0 radical (unpaired) electrons. The van der Waals surface area contributed by atoms with Crippen LogP contribution in [-0.4, -0.2) is 22.1 Å². The van der Waals surface area contributed by atoms with Crippen molar-refractivity contribution in [1.82, 2.24) is 9.78 Å². The summed E-state index contributed by atoms with van der Waals surface area (Å²) >= 11 is 0. The maximum absolute atomic E-state index is 12.3. The third-order valence-corrected chi connectivity index (χ3v) is 3.28. The highest BCUT2D eigenvalue weighted by atomic mass is 16.1. The molecule has 1 rings (SSSR count). The smallest absolute Gasteiger partial charge is 0.188 e. The molecule has 84 valence electrons. The molecule has 0 saturated heterocycles. The highest BCUT2D eigenvalue weighted by Gasteiger charge is 2.35. The van der Waals surface area contributed by atoms with E-state index in [1.165, 1.54) is 0 Å². The van der Waals surface area contributed by atoms with E-state index in [1.54, 1.807) is 24.0 Å². The molecular formula is C11H19N3O. The Bertz CT molecular complexity index is 331. The first-order valence-corrected chi connectivity index (χ1v) is 5.34. The summed E-state index contributed by atoms with van der Waals surface area (Å²) in [5, 5.41) is 4.01. The molecule has 0 unspecified atom stereocenters. The lowest BCUT2D eigenvalue weighted by atomic mass is 9.77. The first-order valence-electron chi connectivity index (χ1n) is 5.34. The Kier molecular flexibility index (Phi) is 3.63. The Labute approximate surface area is 90.5 Å². The van der Waals surface area contributed by atoms with Crippen LogP contribution in [0.2, 0.25) is 0 Å². The van der Waals surface area contributed by atoms with Crippen LogP contribution in [-0.2, 0) is 7.05 Å². The third-order valence-electron chi connectivity index (χ3n) is 3.28. The van der Waals surface area contributed by atoms with Gasteiger partial charge < -0.3 is 5.73 Å². The molecule has 0 atom stereocenters. The monoisotopic (exact) mass is 209 g/mol. The van der Waals surface area contributed by atoms with Gasteiger partial charge in [0, 0.05) is 25.2 Å². The normalized spacial score (nSPS) is 11.7. The lowest BCUT2D eigenvalue weighted by Gasteiger charge is -2.28. The van der Waals surface area contributed by atoms with Gasteiger partial charge in [0.15, 0.2) is 5.78 Å². The molecular weight excluding hydrogens is 190 g/mol. The second-order valence-corrected chi connectivity index (χ2v) is 3.86. The van der Waals surface area contributed by atoms with Gasteiger partial charge in [0.05, 0.1) is 0 Å². The topological polar surface area (TPSA) is 60.9 Å². The Morgan fingerprint density at radius 2 is 2.13 bits per heavy atom. The number of nitrogens with two attached hydrogens (primary N) is 1. The Morgan fingerprint density at radius 3 is 2.47 bits per heavy atom. The van der Waals surface area contributed by atoms with Gasteiger partial charge in [0.25, 0.3) is 0 Å². The quantitative estimate of drug-likeness (QED) is 0.745. The van der Waals surface area contributed by atoms with Crippen molar-refractivity contribution in [3.8, 4) is 0 Å². The highest BCUT2D eigenvalue weighted by molar-refractivity contribution is 5.99. The first-order chi connectivity index (χ1) is 7.11. The van der Waals surface area contributed by atoms with E-state index in [-0.39, 0.29) is 5.78 Å². The van der Waals surface area contributed by atoms with Crippen LogP contribution in [0.25, 0.3) is 0 Å². The van der Waals surface area contributed by atoms with Crippen molar-refractivity contribution in [2.75, 3.05) is 6.54 Å². The van der Waals surface area contributed by atoms with Gasteiger partial charge in [-0.05, 0) is 18.9 Å². The molecule has 0 spiro atoms. The van der Waals surface area contributed by atoms with Gasteiger partial charge in [-0.15, -0.1) is 0 Å². The maximum Gasteiger partial charge on any atom is 0.188 e. The number of Topliss-reactive ketones (excluding diaryl/α,β-unsaturated/α-hetero) is 1. The van der Waals surface area contributed by atoms with Gasteiger partial charge in [0.2, 0.25) is 0 Å². The predicted molar refractivity (Wildman–Crippen MR) is 59.6 cm³/mol. The molecule has 0 bridgehead atoms. The van der Waals surface area contributed by atoms with Crippen LogP contribution in [0.3, 0.4) is 0 Å². The van der Waals surface area contributed by atoms with Crippen LogP contribution in [0.4, 0.5) is 0 Å². The average molecular weight is 209 g/mol. The SMILES string of the molecule is CCC(CC)(CN)C(=O)c1ccnn1C. The minimum absolute atomic E-state index is 0.106. The molecule has 4 heteroatoms. The Balaban J connectivity index is 3.06. The van der Waals surface area contributed by atoms with Crippen LogP contribution in [0.5, 0.6) is 0 Å². The van der Waals surface area contributed by atoms with Crippen molar-refractivity contribution in [3.63, 3.8) is 0 Å². The molecule has 0 aliphatic heterocycles. The van der Waals surface area contributed by atoms with Gasteiger partial charge >= 0.3 is 0 Å². The van der Waals surface area contributed by atoms with Crippen LogP contribution < -0.4 is 5.73 Å². The van der Waals surface area contributed by atoms with Crippen molar-refractivity contribution in [2.24, 2.45) is 18.2 Å². The van der Waals surface area contributed by atoms with Crippen molar-refractivity contribution >= 4 is 5.78 Å². The fourth-order valence-electron chi connectivity index (χ4n) is 1.82. The maximum atomic E-state index is 12.3. The third kappa shape index (κ3) is 1.95. The van der Waals surface area contributed by atoms with Crippen LogP contribution >= 0.6 is 0 Å². The summed E-state index contributed by atoms with van der Waals surface area (Å²) in [6.45, 7) is 4.40. The van der Waals surface area contributed by atoms with E-state index in [4.69, 9.17) is 5.73 Å². The minimum atomic E-state index is -0.423. The van der Waals surface area contributed by atoms with Crippen molar-refractivity contribution in [2.45, 2.75) is 26.7 Å². The number of rotatable bonds is 5. The fraction of sp³-hybridized carbons (Fsp3) is 0.636. The molecule has 1 heterocycles. The largest absolute Gasteiger partial charge is 0.329 e. The highest BCUT2D eigenvalue weighted by Crippen LogP contribution is 2.29. The van der Waals surface area contributed by atoms with E-state index in [0.29, 0.717) is 12.2 Å². The lowest BCUT2D eigenvalue weighted by Crippen LogP contribution is -2.38. The molecule has 0 fully saturated rings. The summed E-state index contributed by atoms with van der Waals surface area (Å²) in [6, 6.07) is 1.75. The zero-order valence-electron chi connectivity index (χ0n) is 9.66. The Morgan fingerprint density at radius 1 is 1.53 bits per heavy atom. The molecule has 0 aromatic carbocycles. The number of ketones is 1. The zero-order valence-corrected chi connectivity index (χ0v) is 9.66. The average Bonchev–Trinajstić information content (AvgIpc) is 2.67. The van der Waals surface area contributed by atoms with Crippen LogP contribution in [0, 0.1) is 5.41 Å². The molecule has 15 heavy (non-hydrogen) atoms. The Hall–Kier alpha value is -1.16. The molecule has 1 aromatic rings. The number of carbonyl (C=O) groups excluding carboxylic acids is 1. The first kappa shape index (κ1) is 11.9. The number of carbonyl (C=O) groups is 1. The van der Waals surface area contributed by atoms with Gasteiger partial charge in [-0.3, -0.25) is 9.48 Å². The van der Waals surface area contributed by atoms with Crippen LogP contribution in [0.1, 0.15) is 37.2 Å². The molecule has 1 aromatic heterocycles. The van der Waals surface area contributed by atoms with E-state index >= 15 is 0 Å². The van der Waals surface area contributed by atoms with E-state index in [2.05, 4.69) is 5.10 Å². The van der Waals surface area contributed by atoms with E-state index in [0.717, 1.165) is 12.8 Å². The van der Waals surface area contributed by atoms with Crippen molar-refractivity contribution in [1.29, 1.82) is 0 Å². The van der Waals surface area contributed by atoms with E-state index < -0.39 is 5.41 Å². The summed E-state index contributed by atoms with van der Waals surface area (Å²) < 4.78 is 1.61. The van der Waals surface area contributed by atoms with Crippen molar-refractivity contribution in [3.05, 3.63) is 18.0 Å². The number of hydrogen-bond donors (Lipinski definition) is 1. The molecule has 4 nitrogen and oxygen atoms in total. The molecule has 0 amide bonds. The molecule has 0 aliphatic carbocycles. The summed E-state index contributed by atoms with van der Waals surface area (Å²) in [5.41, 5.74) is 5.96. The summed E-state index contributed by atoms with van der Waals surface area (Å²) in [6.07, 6.45) is 3.17. The van der Waals surface area contributed by atoms with E-state index in [1.807, 2.05) is 13.8 Å². The van der Waals surface area contributed by atoms with E-state index in [9.17, 15) is 4.79 Å².